The number of hydroxylamine groups is 2. The average Bonchev–Trinajstić information content (AvgIpc) is 2.42. The van der Waals surface area contributed by atoms with E-state index in [1.165, 1.54) is 0 Å². The summed E-state index contributed by atoms with van der Waals surface area (Å²) in [6.45, 7) is 0.933. The van der Waals surface area contributed by atoms with E-state index in [0.29, 0.717) is 35.6 Å². The maximum absolute atomic E-state index is 5.85. The summed E-state index contributed by atoms with van der Waals surface area (Å²) in [7, 11) is 0. The van der Waals surface area contributed by atoms with Gasteiger partial charge >= 0.3 is 0 Å². The Morgan fingerprint density at radius 1 is 1.20 bits per heavy atom. The maximum Gasteiger partial charge on any atom is 0.223 e. The predicted molar refractivity (Wildman–Crippen MR) is 77.0 cm³/mol. The van der Waals surface area contributed by atoms with Crippen molar-refractivity contribution in [3.63, 3.8) is 0 Å². The zero-order valence-corrected chi connectivity index (χ0v) is 11.3. The van der Waals surface area contributed by atoms with Crippen molar-refractivity contribution in [3.8, 4) is 5.75 Å². The molecule has 1 aromatic heterocycles. The van der Waals surface area contributed by atoms with Crippen molar-refractivity contribution in [1.29, 1.82) is 0 Å². The summed E-state index contributed by atoms with van der Waals surface area (Å²) in [5.41, 5.74) is 12.2. The van der Waals surface area contributed by atoms with E-state index in [1.54, 1.807) is 29.3 Å². The molecule has 104 valence electrons. The molecule has 2 aromatic rings. The number of hydrogen-bond donors (Lipinski definition) is 3. The van der Waals surface area contributed by atoms with Crippen LogP contribution < -0.4 is 21.6 Å². The van der Waals surface area contributed by atoms with E-state index in [2.05, 4.69) is 15.3 Å². The molecule has 0 aliphatic carbocycles. The summed E-state index contributed by atoms with van der Waals surface area (Å²) >= 11 is 5.83. The number of aromatic nitrogens is 2. The van der Waals surface area contributed by atoms with Gasteiger partial charge in [-0.1, -0.05) is 11.6 Å². The lowest BCUT2D eigenvalue weighted by molar-refractivity contribution is -0.0634. The van der Waals surface area contributed by atoms with Gasteiger partial charge in [-0.05, 0) is 24.3 Å². The van der Waals surface area contributed by atoms with Gasteiger partial charge in [0.1, 0.15) is 24.1 Å². The van der Waals surface area contributed by atoms with Crippen LogP contribution in [0.25, 0.3) is 0 Å². The molecule has 0 saturated heterocycles. The Morgan fingerprint density at radius 2 is 1.95 bits per heavy atom. The number of nitrogens with zero attached hydrogens (tertiary/aromatic N) is 3. The van der Waals surface area contributed by atoms with Crippen LogP contribution >= 0.6 is 11.6 Å². The van der Waals surface area contributed by atoms with E-state index >= 15 is 0 Å². The topological polar surface area (TPSA) is 102 Å². The highest BCUT2D eigenvalue weighted by Gasteiger charge is 2.21. The van der Waals surface area contributed by atoms with Crippen molar-refractivity contribution >= 4 is 29.2 Å². The number of nitrogens with two attached hydrogens (primary N) is 2. The Hall–Kier alpha value is -2.25. The molecule has 2 heterocycles. The van der Waals surface area contributed by atoms with Gasteiger partial charge in [0.2, 0.25) is 5.95 Å². The zero-order valence-electron chi connectivity index (χ0n) is 10.5. The van der Waals surface area contributed by atoms with Crippen LogP contribution in [-0.2, 0) is 6.54 Å². The number of anilines is 3. The molecule has 0 unspecified atom stereocenters. The van der Waals surface area contributed by atoms with E-state index in [9.17, 15) is 0 Å². The minimum Gasteiger partial charge on any atom is -0.404 e. The number of halogens is 1. The standard InChI is InChI=1S/C12H13ClN6O/c13-7-1-3-8(4-2-7)20-19-5-9-10(14)17-12(15)18-11(9)16-6-19/h1-4H,5-6H2,(H5,14,15,16,17,18). The molecule has 0 bridgehead atoms. The van der Waals surface area contributed by atoms with Crippen molar-refractivity contribution in [3.05, 3.63) is 34.9 Å². The van der Waals surface area contributed by atoms with Crippen LogP contribution in [0.3, 0.4) is 0 Å². The van der Waals surface area contributed by atoms with Gasteiger partial charge in [-0.3, -0.25) is 0 Å². The largest absolute Gasteiger partial charge is 0.404 e. The molecule has 0 amide bonds. The van der Waals surface area contributed by atoms with Gasteiger partial charge in [-0.2, -0.15) is 9.97 Å². The van der Waals surface area contributed by atoms with E-state index in [0.717, 1.165) is 5.56 Å². The monoisotopic (exact) mass is 292 g/mol. The first-order valence-electron chi connectivity index (χ1n) is 5.96. The quantitative estimate of drug-likeness (QED) is 0.770. The van der Waals surface area contributed by atoms with Crippen molar-refractivity contribution in [2.24, 2.45) is 0 Å². The van der Waals surface area contributed by atoms with Gasteiger partial charge in [-0.25, -0.2) is 0 Å². The van der Waals surface area contributed by atoms with Gasteiger partial charge in [0.05, 0.1) is 12.1 Å². The summed E-state index contributed by atoms with van der Waals surface area (Å²) in [4.78, 5) is 13.8. The Morgan fingerprint density at radius 3 is 2.70 bits per heavy atom. The Kier molecular flexibility index (Phi) is 3.21. The molecule has 0 spiro atoms. The summed E-state index contributed by atoms with van der Waals surface area (Å²) in [5.74, 6) is 1.84. The van der Waals surface area contributed by atoms with Crippen LogP contribution in [-0.4, -0.2) is 21.7 Å². The fourth-order valence-corrected chi connectivity index (χ4v) is 2.05. The summed E-state index contributed by atoms with van der Waals surface area (Å²) in [6, 6.07) is 7.11. The van der Waals surface area contributed by atoms with E-state index < -0.39 is 0 Å². The highest BCUT2D eigenvalue weighted by atomic mass is 35.5. The minimum atomic E-state index is 0.154. The first-order chi connectivity index (χ1) is 9.61. The van der Waals surface area contributed by atoms with Gasteiger partial charge in [0.15, 0.2) is 0 Å². The highest BCUT2D eigenvalue weighted by molar-refractivity contribution is 6.30. The first-order valence-corrected chi connectivity index (χ1v) is 6.34. The van der Waals surface area contributed by atoms with Gasteiger partial charge in [0.25, 0.3) is 0 Å². The smallest absolute Gasteiger partial charge is 0.223 e. The molecule has 0 radical (unpaired) electrons. The average molecular weight is 293 g/mol. The van der Waals surface area contributed by atoms with Crippen molar-refractivity contribution in [2.75, 3.05) is 23.5 Å². The number of rotatable bonds is 2. The molecule has 5 N–H and O–H groups in total. The van der Waals surface area contributed by atoms with Crippen LogP contribution in [0.15, 0.2) is 24.3 Å². The number of nitrogen functional groups attached to an aromatic ring is 2. The zero-order chi connectivity index (χ0) is 14.1. The predicted octanol–water partition coefficient (Wildman–Crippen LogP) is 1.47. The van der Waals surface area contributed by atoms with Crippen LogP contribution in [0.5, 0.6) is 5.75 Å². The summed E-state index contributed by atoms with van der Waals surface area (Å²) in [6.07, 6.45) is 0. The lowest BCUT2D eigenvalue weighted by Crippen LogP contribution is -2.37. The fraction of sp³-hybridized carbons (Fsp3) is 0.167. The van der Waals surface area contributed by atoms with Crippen molar-refractivity contribution in [1.82, 2.24) is 15.0 Å². The molecular weight excluding hydrogens is 280 g/mol. The Balaban J connectivity index is 1.77. The van der Waals surface area contributed by atoms with Gasteiger partial charge in [-0.15, -0.1) is 5.06 Å². The van der Waals surface area contributed by atoms with Crippen molar-refractivity contribution < 1.29 is 4.84 Å². The molecule has 7 nitrogen and oxygen atoms in total. The highest BCUT2D eigenvalue weighted by Crippen LogP contribution is 2.26. The molecule has 20 heavy (non-hydrogen) atoms. The van der Waals surface area contributed by atoms with Crippen LogP contribution in [0.1, 0.15) is 5.56 Å². The molecule has 0 saturated carbocycles. The summed E-state index contributed by atoms with van der Waals surface area (Å²) < 4.78 is 0. The molecular formula is C12H13ClN6O. The van der Waals surface area contributed by atoms with E-state index in [-0.39, 0.29) is 5.95 Å². The third-order valence-corrected chi connectivity index (χ3v) is 3.11. The second-order valence-electron chi connectivity index (χ2n) is 4.31. The normalized spacial score (nSPS) is 14.4. The summed E-state index contributed by atoms with van der Waals surface area (Å²) in [5, 5.41) is 5.46. The molecule has 1 aliphatic rings. The molecule has 3 rings (SSSR count). The third-order valence-electron chi connectivity index (χ3n) is 2.86. The fourth-order valence-electron chi connectivity index (χ4n) is 1.93. The number of fused-ring (bicyclic) bond motifs is 1. The maximum atomic E-state index is 5.85. The van der Waals surface area contributed by atoms with Crippen molar-refractivity contribution in [2.45, 2.75) is 6.54 Å². The first kappa shape index (κ1) is 12.8. The minimum absolute atomic E-state index is 0.154. The van der Waals surface area contributed by atoms with Crippen LogP contribution in [0, 0.1) is 0 Å². The van der Waals surface area contributed by atoms with Gasteiger partial charge < -0.3 is 21.6 Å². The Bertz CT molecular complexity index is 633. The molecule has 1 aliphatic heterocycles. The number of hydrogen-bond acceptors (Lipinski definition) is 7. The SMILES string of the molecule is Nc1nc(N)c2c(n1)NCN(Oc1ccc(Cl)cc1)C2. The third kappa shape index (κ3) is 2.54. The second kappa shape index (κ2) is 5.03. The van der Waals surface area contributed by atoms with Gasteiger partial charge in [0, 0.05) is 5.02 Å². The van der Waals surface area contributed by atoms with Crippen LogP contribution in [0.4, 0.5) is 17.6 Å². The molecule has 1 aromatic carbocycles. The lowest BCUT2D eigenvalue weighted by Gasteiger charge is -2.29. The lowest BCUT2D eigenvalue weighted by atomic mass is 10.2. The Labute approximate surface area is 120 Å². The van der Waals surface area contributed by atoms with Crippen LogP contribution in [0.2, 0.25) is 5.02 Å². The number of benzene rings is 1. The second-order valence-corrected chi connectivity index (χ2v) is 4.75. The molecule has 0 fully saturated rings. The number of nitrogens with one attached hydrogen (secondary N) is 1. The van der Waals surface area contributed by atoms with E-state index in [4.69, 9.17) is 27.9 Å². The molecule has 8 heteroatoms. The molecule has 0 atom stereocenters. The van der Waals surface area contributed by atoms with E-state index in [1.807, 2.05) is 0 Å².